The van der Waals surface area contributed by atoms with E-state index in [4.69, 9.17) is 9.47 Å². The summed E-state index contributed by atoms with van der Waals surface area (Å²) in [5.74, 6) is 1.19. The van der Waals surface area contributed by atoms with Crippen LogP contribution in [0.25, 0.3) is 0 Å². The highest BCUT2D eigenvalue weighted by Gasteiger charge is 2.34. The molecule has 1 fully saturated rings. The van der Waals surface area contributed by atoms with Gasteiger partial charge in [-0.1, -0.05) is 18.2 Å². The topological polar surface area (TPSA) is 33.7 Å². The van der Waals surface area contributed by atoms with Crippen molar-refractivity contribution in [3.63, 3.8) is 0 Å². The average molecular weight is 380 g/mol. The molecule has 0 saturated carbocycles. The predicted molar refractivity (Wildman–Crippen MR) is 97.3 cm³/mol. The molecule has 1 N–H and O–H groups in total. The Morgan fingerprint density at radius 1 is 0.963 bits per heavy atom. The summed E-state index contributed by atoms with van der Waals surface area (Å²) in [5, 5.41) is 3.28. The van der Waals surface area contributed by atoms with Crippen molar-refractivity contribution in [1.82, 2.24) is 10.2 Å². The first kappa shape index (κ1) is 19.5. The summed E-state index contributed by atoms with van der Waals surface area (Å²) in [6.07, 6.45) is -4.39. The molecule has 0 aliphatic carbocycles. The number of ether oxygens (including phenoxy) is 2. The molecule has 1 unspecified atom stereocenters. The minimum absolute atomic E-state index is 0.402. The van der Waals surface area contributed by atoms with Crippen LogP contribution < -0.4 is 14.8 Å². The zero-order chi connectivity index (χ0) is 19.4. The first-order chi connectivity index (χ1) is 13.0. The van der Waals surface area contributed by atoms with E-state index in [1.807, 2.05) is 6.07 Å². The third-order valence-corrected chi connectivity index (χ3v) is 4.79. The van der Waals surface area contributed by atoms with Crippen molar-refractivity contribution in [2.45, 2.75) is 12.2 Å². The van der Waals surface area contributed by atoms with Gasteiger partial charge in [-0.15, -0.1) is 0 Å². The zero-order valence-corrected chi connectivity index (χ0v) is 15.3. The summed E-state index contributed by atoms with van der Waals surface area (Å²) in [6.45, 7) is 2.96. The van der Waals surface area contributed by atoms with Gasteiger partial charge in [-0.05, 0) is 29.8 Å². The first-order valence-electron chi connectivity index (χ1n) is 8.78. The number of nitrogens with zero attached hydrogens (tertiary/aromatic N) is 1. The van der Waals surface area contributed by atoms with Gasteiger partial charge in [-0.3, -0.25) is 4.90 Å². The van der Waals surface area contributed by atoms with Crippen molar-refractivity contribution in [2.75, 3.05) is 40.4 Å². The lowest BCUT2D eigenvalue weighted by Gasteiger charge is -2.36. The molecule has 3 rings (SSSR count). The molecule has 1 saturated heterocycles. The summed E-state index contributed by atoms with van der Waals surface area (Å²) in [4.78, 5) is 2.16. The fraction of sp³-hybridized carbons (Fsp3) is 0.400. The Balaban J connectivity index is 2.16. The zero-order valence-electron chi connectivity index (χ0n) is 15.3. The molecule has 4 nitrogen and oxygen atoms in total. The molecule has 7 heteroatoms. The standard InChI is InChI=1S/C20H23F3N2O2/c1-26-16-7-4-8-17(27-2)18(16)19(25-11-9-24-10-12-25)14-5-3-6-15(13-14)20(21,22)23/h3-8,13,19,24H,9-12H2,1-2H3. The summed E-state index contributed by atoms with van der Waals surface area (Å²) in [6, 6.07) is 10.5. The molecular formula is C20H23F3N2O2. The van der Waals surface area contributed by atoms with Crippen LogP contribution in [0.5, 0.6) is 11.5 Å². The molecule has 1 heterocycles. The highest BCUT2D eigenvalue weighted by atomic mass is 19.4. The van der Waals surface area contributed by atoms with E-state index in [0.717, 1.165) is 24.7 Å². The molecular weight excluding hydrogens is 357 g/mol. The third-order valence-electron chi connectivity index (χ3n) is 4.79. The van der Waals surface area contributed by atoms with Crippen LogP contribution in [0.3, 0.4) is 0 Å². The minimum Gasteiger partial charge on any atom is -0.496 e. The molecule has 146 valence electrons. The Bertz CT molecular complexity index is 752. The average Bonchev–Trinajstić information content (AvgIpc) is 2.68. The van der Waals surface area contributed by atoms with Gasteiger partial charge in [0.2, 0.25) is 0 Å². The van der Waals surface area contributed by atoms with Crippen LogP contribution in [0.1, 0.15) is 22.7 Å². The summed E-state index contributed by atoms with van der Waals surface area (Å²) in [7, 11) is 3.11. The van der Waals surface area contributed by atoms with E-state index in [9.17, 15) is 13.2 Å². The number of alkyl halides is 3. The Morgan fingerprint density at radius 3 is 2.11 bits per heavy atom. The largest absolute Gasteiger partial charge is 0.496 e. The predicted octanol–water partition coefficient (Wildman–Crippen LogP) is 3.72. The van der Waals surface area contributed by atoms with Crippen molar-refractivity contribution in [3.8, 4) is 11.5 Å². The van der Waals surface area contributed by atoms with Crippen molar-refractivity contribution >= 4 is 0 Å². The summed E-state index contributed by atoms with van der Waals surface area (Å²) in [5.41, 5.74) is 0.646. The highest BCUT2D eigenvalue weighted by Crippen LogP contribution is 2.42. The quantitative estimate of drug-likeness (QED) is 0.857. The van der Waals surface area contributed by atoms with Gasteiger partial charge in [-0.2, -0.15) is 13.2 Å². The first-order valence-corrected chi connectivity index (χ1v) is 8.78. The third kappa shape index (κ3) is 4.20. The van der Waals surface area contributed by atoms with Crippen molar-refractivity contribution < 1.29 is 22.6 Å². The second kappa shape index (κ2) is 8.19. The van der Waals surface area contributed by atoms with Crippen LogP contribution >= 0.6 is 0 Å². The number of rotatable bonds is 5. The fourth-order valence-electron chi connectivity index (χ4n) is 3.53. The van der Waals surface area contributed by atoms with Crippen molar-refractivity contribution in [2.24, 2.45) is 0 Å². The molecule has 27 heavy (non-hydrogen) atoms. The molecule has 0 amide bonds. The van der Waals surface area contributed by atoms with Gasteiger partial charge in [0.15, 0.2) is 0 Å². The van der Waals surface area contributed by atoms with Crippen LogP contribution in [0.2, 0.25) is 0 Å². The second-order valence-corrected chi connectivity index (χ2v) is 6.39. The fourth-order valence-corrected chi connectivity index (χ4v) is 3.53. The molecule has 2 aromatic carbocycles. The lowest BCUT2D eigenvalue weighted by molar-refractivity contribution is -0.137. The van der Waals surface area contributed by atoms with Gasteiger partial charge in [0, 0.05) is 26.2 Å². The van der Waals surface area contributed by atoms with Crippen molar-refractivity contribution in [1.29, 1.82) is 0 Å². The molecule has 0 radical (unpaired) electrons. The highest BCUT2D eigenvalue weighted by molar-refractivity contribution is 5.51. The Morgan fingerprint density at radius 2 is 1.56 bits per heavy atom. The van der Waals surface area contributed by atoms with Crippen LogP contribution in [0, 0.1) is 0 Å². The van der Waals surface area contributed by atoms with E-state index in [0.29, 0.717) is 30.2 Å². The Kier molecular flexibility index (Phi) is 5.92. The summed E-state index contributed by atoms with van der Waals surface area (Å²) >= 11 is 0. The van der Waals surface area contributed by atoms with E-state index in [2.05, 4.69) is 10.2 Å². The maximum Gasteiger partial charge on any atom is 0.416 e. The van der Waals surface area contributed by atoms with Crippen LogP contribution in [-0.2, 0) is 6.18 Å². The monoisotopic (exact) mass is 380 g/mol. The molecule has 0 bridgehead atoms. The van der Waals surface area contributed by atoms with E-state index in [1.165, 1.54) is 12.1 Å². The lowest BCUT2D eigenvalue weighted by Crippen LogP contribution is -2.45. The maximum atomic E-state index is 13.3. The van der Waals surface area contributed by atoms with E-state index in [1.54, 1.807) is 32.4 Å². The normalized spacial score (nSPS) is 16.8. The lowest BCUT2D eigenvalue weighted by atomic mass is 9.93. The van der Waals surface area contributed by atoms with Gasteiger partial charge in [-0.25, -0.2) is 0 Å². The second-order valence-electron chi connectivity index (χ2n) is 6.39. The Hall–Kier alpha value is -2.25. The van der Waals surface area contributed by atoms with E-state index < -0.39 is 17.8 Å². The van der Waals surface area contributed by atoms with Crippen LogP contribution in [-0.4, -0.2) is 45.3 Å². The van der Waals surface area contributed by atoms with Crippen molar-refractivity contribution in [3.05, 3.63) is 59.2 Å². The smallest absolute Gasteiger partial charge is 0.416 e. The number of halogens is 3. The van der Waals surface area contributed by atoms with Gasteiger partial charge >= 0.3 is 6.18 Å². The molecule has 1 aliphatic heterocycles. The number of nitrogens with one attached hydrogen (secondary N) is 1. The molecule has 2 aromatic rings. The van der Waals surface area contributed by atoms with Gasteiger partial charge in [0.25, 0.3) is 0 Å². The van der Waals surface area contributed by atoms with Crippen LogP contribution in [0.4, 0.5) is 13.2 Å². The number of hydrogen-bond acceptors (Lipinski definition) is 4. The number of benzene rings is 2. The van der Waals surface area contributed by atoms with Gasteiger partial charge in [0.1, 0.15) is 11.5 Å². The molecule has 0 spiro atoms. The molecule has 1 atom stereocenters. The molecule has 0 aromatic heterocycles. The van der Waals surface area contributed by atoms with Crippen LogP contribution in [0.15, 0.2) is 42.5 Å². The SMILES string of the molecule is COc1cccc(OC)c1C(c1cccc(C(F)(F)F)c1)N1CCNCC1. The number of piperazine rings is 1. The van der Waals surface area contributed by atoms with E-state index in [-0.39, 0.29) is 0 Å². The summed E-state index contributed by atoms with van der Waals surface area (Å²) < 4.78 is 50.9. The number of hydrogen-bond donors (Lipinski definition) is 1. The Labute approximate surface area is 156 Å². The number of methoxy groups -OCH3 is 2. The van der Waals surface area contributed by atoms with E-state index >= 15 is 0 Å². The molecule has 1 aliphatic rings. The minimum atomic E-state index is -4.39. The van der Waals surface area contributed by atoms with Gasteiger partial charge < -0.3 is 14.8 Å². The maximum absolute atomic E-state index is 13.3. The van der Waals surface area contributed by atoms with Gasteiger partial charge in [0.05, 0.1) is 31.4 Å².